The molecule has 7 nitrogen and oxygen atoms in total. The number of halogens is 7. The summed E-state index contributed by atoms with van der Waals surface area (Å²) in [5.74, 6) is -1.18. The van der Waals surface area contributed by atoms with Crippen molar-refractivity contribution in [3.05, 3.63) is 64.6 Å². The van der Waals surface area contributed by atoms with E-state index in [9.17, 15) is 31.1 Å². The summed E-state index contributed by atoms with van der Waals surface area (Å²) in [6, 6.07) is 0.896. The fraction of sp³-hybridized carbons (Fsp3) is 0.250. The second kappa shape index (κ2) is 11.1. The van der Waals surface area contributed by atoms with Crippen LogP contribution in [-0.4, -0.2) is 35.0 Å². The lowest BCUT2D eigenvalue weighted by Gasteiger charge is -2.16. The zero-order valence-electron chi connectivity index (χ0n) is 17.5. The average molecular weight is 507 g/mol. The Bertz CT molecular complexity index is 1060. The standard InChI is InChI=1S/C20H17ClF6N6O/c1-11(3-4-16(34)33-32-15-10-29-5-6-30-15)9-31-18(28-2)12-7-13(19(22,23)24)17(21)14(8-12)20(25,26)27/h3-11H,1-2H3,(H,30,32)(H,33,34)/b4-3-,28-18-,31-9-. The number of aromatic nitrogens is 2. The van der Waals surface area contributed by atoms with Crippen LogP contribution in [0.25, 0.3) is 0 Å². The number of alkyl halides is 6. The fourth-order valence-electron chi connectivity index (χ4n) is 2.44. The number of allylic oxidation sites excluding steroid dienone is 1. The molecule has 182 valence electrons. The van der Waals surface area contributed by atoms with Crippen LogP contribution in [0.4, 0.5) is 32.2 Å². The molecule has 0 bridgehead atoms. The Kier molecular flexibility index (Phi) is 8.74. The molecule has 0 spiro atoms. The lowest BCUT2D eigenvalue weighted by atomic mass is 10.0. The molecule has 0 saturated heterocycles. The monoisotopic (exact) mass is 506 g/mol. The first-order valence-electron chi connectivity index (χ1n) is 9.32. The summed E-state index contributed by atoms with van der Waals surface area (Å²) < 4.78 is 79.4. The highest BCUT2D eigenvalue weighted by Gasteiger charge is 2.41. The molecule has 1 aromatic heterocycles. The maximum absolute atomic E-state index is 13.2. The number of hydrogen-bond acceptors (Lipinski definition) is 5. The van der Waals surface area contributed by atoms with Crippen LogP contribution in [-0.2, 0) is 17.1 Å². The Morgan fingerprint density at radius 3 is 2.24 bits per heavy atom. The minimum absolute atomic E-state index is 0.294. The van der Waals surface area contributed by atoms with Crippen LogP contribution in [0.2, 0.25) is 5.02 Å². The number of hydrazine groups is 1. The van der Waals surface area contributed by atoms with Crippen molar-refractivity contribution in [2.75, 3.05) is 12.5 Å². The zero-order chi connectivity index (χ0) is 25.5. The smallest absolute Gasteiger partial charge is 0.280 e. The van der Waals surface area contributed by atoms with Gasteiger partial charge in [0.2, 0.25) is 0 Å². The number of benzene rings is 1. The van der Waals surface area contributed by atoms with Gasteiger partial charge in [-0.1, -0.05) is 24.6 Å². The molecule has 2 rings (SSSR count). The maximum atomic E-state index is 13.2. The molecule has 0 radical (unpaired) electrons. The van der Waals surface area contributed by atoms with E-state index >= 15 is 0 Å². The number of nitrogens with one attached hydrogen (secondary N) is 2. The van der Waals surface area contributed by atoms with E-state index in [0.29, 0.717) is 18.0 Å². The molecular formula is C20H17ClF6N6O. The summed E-state index contributed by atoms with van der Waals surface area (Å²) in [6.07, 6.45) is -2.28. The van der Waals surface area contributed by atoms with E-state index in [0.717, 1.165) is 13.1 Å². The molecule has 1 aromatic carbocycles. The van der Waals surface area contributed by atoms with Crippen molar-refractivity contribution < 1.29 is 31.1 Å². The SMILES string of the molecule is C/N=C(\N=C/C(C)/C=C\C(=O)NNc1cnccn1)c1cc(C(F)(F)F)c(Cl)c(C(F)(F)F)c1. The number of nitrogens with zero attached hydrogens (tertiary/aromatic N) is 4. The lowest BCUT2D eigenvalue weighted by Crippen LogP contribution is -2.28. The predicted octanol–water partition coefficient (Wildman–Crippen LogP) is 4.95. The molecule has 0 aliphatic carbocycles. The second-order valence-electron chi connectivity index (χ2n) is 6.63. The van der Waals surface area contributed by atoms with Gasteiger partial charge in [0.1, 0.15) is 0 Å². The molecule has 14 heteroatoms. The minimum Gasteiger partial charge on any atom is -0.280 e. The van der Waals surface area contributed by atoms with Gasteiger partial charge in [-0.25, -0.2) is 9.98 Å². The third-order valence-corrected chi connectivity index (χ3v) is 4.42. The molecule has 1 atom stereocenters. The van der Waals surface area contributed by atoms with Crippen LogP contribution in [0, 0.1) is 5.92 Å². The van der Waals surface area contributed by atoms with Gasteiger partial charge >= 0.3 is 12.4 Å². The van der Waals surface area contributed by atoms with Crippen molar-refractivity contribution >= 4 is 35.4 Å². The van der Waals surface area contributed by atoms with Crippen LogP contribution in [0.3, 0.4) is 0 Å². The number of anilines is 1. The van der Waals surface area contributed by atoms with E-state index in [1.54, 1.807) is 6.92 Å². The average Bonchev–Trinajstić information content (AvgIpc) is 2.76. The van der Waals surface area contributed by atoms with Crippen molar-refractivity contribution in [2.45, 2.75) is 19.3 Å². The highest BCUT2D eigenvalue weighted by atomic mass is 35.5. The summed E-state index contributed by atoms with van der Waals surface area (Å²) in [5.41, 5.74) is 1.01. The Morgan fingerprint density at radius 2 is 1.74 bits per heavy atom. The summed E-state index contributed by atoms with van der Waals surface area (Å²) >= 11 is 5.38. The quantitative estimate of drug-likeness (QED) is 0.191. The summed E-state index contributed by atoms with van der Waals surface area (Å²) in [4.78, 5) is 27.1. The first kappa shape index (κ1) is 26.8. The van der Waals surface area contributed by atoms with Crippen molar-refractivity contribution in [1.29, 1.82) is 0 Å². The highest BCUT2D eigenvalue weighted by Crippen LogP contribution is 2.43. The van der Waals surface area contributed by atoms with E-state index < -0.39 is 45.9 Å². The van der Waals surface area contributed by atoms with Gasteiger partial charge in [-0.15, -0.1) is 0 Å². The number of amides is 1. The van der Waals surface area contributed by atoms with Crippen molar-refractivity contribution in [3.63, 3.8) is 0 Å². The maximum Gasteiger partial charge on any atom is 0.417 e. The highest BCUT2D eigenvalue weighted by molar-refractivity contribution is 6.32. The Balaban J connectivity index is 2.18. The molecule has 0 aliphatic heterocycles. The summed E-state index contributed by atoms with van der Waals surface area (Å²) in [5, 5.41) is -1.46. The van der Waals surface area contributed by atoms with Crippen molar-refractivity contribution in [3.8, 4) is 0 Å². The van der Waals surface area contributed by atoms with Crippen LogP contribution in [0.5, 0.6) is 0 Å². The number of amidine groups is 1. The third kappa shape index (κ3) is 7.54. The fourth-order valence-corrected chi connectivity index (χ4v) is 2.76. The van der Waals surface area contributed by atoms with Gasteiger partial charge < -0.3 is 0 Å². The predicted molar refractivity (Wildman–Crippen MR) is 115 cm³/mol. The van der Waals surface area contributed by atoms with Gasteiger partial charge in [0, 0.05) is 43.2 Å². The van der Waals surface area contributed by atoms with Gasteiger partial charge in [0.05, 0.1) is 22.3 Å². The molecule has 1 amide bonds. The van der Waals surface area contributed by atoms with E-state index in [-0.39, 0.29) is 5.84 Å². The van der Waals surface area contributed by atoms with Gasteiger partial charge in [0.25, 0.3) is 5.91 Å². The van der Waals surface area contributed by atoms with Crippen LogP contribution in [0.1, 0.15) is 23.6 Å². The first-order chi connectivity index (χ1) is 15.8. The second-order valence-corrected chi connectivity index (χ2v) is 7.01. The van der Waals surface area contributed by atoms with Gasteiger partial charge in [-0.3, -0.25) is 25.6 Å². The van der Waals surface area contributed by atoms with E-state index in [1.165, 1.54) is 30.9 Å². The Hall–Kier alpha value is -3.48. The third-order valence-electron chi connectivity index (χ3n) is 4.01. The number of carbonyl (C=O) groups is 1. The van der Waals surface area contributed by atoms with E-state index in [4.69, 9.17) is 11.6 Å². The summed E-state index contributed by atoms with van der Waals surface area (Å²) in [6.45, 7) is 1.58. The minimum atomic E-state index is -5.13. The number of rotatable bonds is 6. The van der Waals surface area contributed by atoms with Crippen LogP contribution < -0.4 is 10.9 Å². The molecule has 0 aliphatic rings. The van der Waals surface area contributed by atoms with Gasteiger partial charge in [0.15, 0.2) is 11.7 Å². The molecule has 34 heavy (non-hydrogen) atoms. The Morgan fingerprint density at radius 1 is 1.12 bits per heavy atom. The molecule has 0 fully saturated rings. The first-order valence-corrected chi connectivity index (χ1v) is 9.70. The number of carbonyl (C=O) groups excluding carboxylic acids is 1. The lowest BCUT2D eigenvalue weighted by molar-refractivity contribution is -0.142. The molecule has 1 unspecified atom stereocenters. The van der Waals surface area contributed by atoms with E-state index in [1.807, 2.05) is 0 Å². The zero-order valence-corrected chi connectivity index (χ0v) is 18.3. The van der Waals surface area contributed by atoms with Crippen molar-refractivity contribution in [1.82, 2.24) is 15.4 Å². The molecule has 0 saturated carbocycles. The largest absolute Gasteiger partial charge is 0.417 e. The van der Waals surface area contributed by atoms with Gasteiger partial charge in [-0.2, -0.15) is 26.3 Å². The molecule has 1 heterocycles. The van der Waals surface area contributed by atoms with Crippen LogP contribution in [0.15, 0.2) is 52.9 Å². The number of hydrogen-bond donors (Lipinski definition) is 2. The summed E-state index contributed by atoms with van der Waals surface area (Å²) in [7, 11) is 1.16. The number of aliphatic imine (C=N–C) groups is 2. The van der Waals surface area contributed by atoms with Crippen molar-refractivity contribution in [2.24, 2.45) is 15.9 Å². The van der Waals surface area contributed by atoms with Gasteiger partial charge in [-0.05, 0) is 12.1 Å². The molecular weight excluding hydrogens is 490 g/mol. The van der Waals surface area contributed by atoms with E-state index in [2.05, 4.69) is 30.8 Å². The molecule has 2 N–H and O–H groups in total. The molecule has 2 aromatic rings. The van der Waals surface area contributed by atoms with Crippen LogP contribution >= 0.6 is 11.6 Å². The normalized spacial score (nSPS) is 14.0. The topological polar surface area (TPSA) is 91.6 Å². The Labute approximate surface area is 194 Å².